The van der Waals surface area contributed by atoms with E-state index in [2.05, 4.69) is 42.7 Å². The van der Waals surface area contributed by atoms with Crippen LogP contribution in [0.5, 0.6) is 0 Å². The molecule has 0 aromatic heterocycles. The minimum Gasteiger partial charge on any atom is -0.462 e. The largest absolute Gasteiger partial charge is 0.472 e. The van der Waals surface area contributed by atoms with Crippen molar-refractivity contribution in [2.75, 3.05) is 20.3 Å². The quantitative estimate of drug-likeness (QED) is 0.0418. The molecule has 0 aliphatic carbocycles. The van der Waals surface area contributed by atoms with Crippen molar-refractivity contribution in [3.63, 3.8) is 0 Å². The van der Waals surface area contributed by atoms with Crippen molar-refractivity contribution >= 4 is 19.8 Å². The van der Waals surface area contributed by atoms with Crippen LogP contribution in [0.3, 0.4) is 0 Å². The molecule has 1 N–H and O–H groups in total. The van der Waals surface area contributed by atoms with Gasteiger partial charge in [-0.1, -0.05) is 95.9 Å². The summed E-state index contributed by atoms with van der Waals surface area (Å²) in [6.45, 7) is 3.73. The summed E-state index contributed by atoms with van der Waals surface area (Å²) in [5, 5.41) is 0. The van der Waals surface area contributed by atoms with Crippen LogP contribution in [0.4, 0.5) is 0 Å². The van der Waals surface area contributed by atoms with E-state index >= 15 is 0 Å². The maximum absolute atomic E-state index is 12.3. The molecule has 0 rings (SSSR count). The van der Waals surface area contributed by atoms with Crippen LogP contribution in [-0.4, -0.2) is 43.3 Å². The van der Waals surface area contributed by atoms with Gasteiger partial charge in [0.15, 0.2) is 6.10 Å². The van der Waals surface area contributed by atoms with Crippen molar-refractivity contribution in [3.05, 3.63) is 24.3 Å². The van der Waals surface area contributed by atoms with Gasteiger partial charge in [0.05, 0.1) is 6.61 Å². The van der Waals surface area contributed by atoms with Gasteiger partial charge in [0, 0.05) is 20.0 Å². The summed E-state index contributed by atoms with van der Waals surface area (Å²) in [6.07, 6.45) is 26.7. The van der Waals surface area contributed by atoms with Gasteiger partial charge in [-0.05, 0) is 51.4 Å². The molecule has 9 heteroatoms. The number of phosphoric acid groups is 1. The lowest BCUT2D eigenvalue weighted by Crippen LogP contribution is -2.29. The zero-order valence-electron chi connectivity index (χ0n) is 25.5. The van der Waals surface area contributed by atoms with Gasteiger partial charge in [-0.25, -0.2) is 4.57 Å². The number of carbonyl (C=O) groups is 2. The van der Waals surface area contributed by atoms with E-state index in [4.69, 9.17) is 14.0 Å². The number of unbranched alkanes of at least 4 members (excludes halogenated alkanes) is 13. The first-order valence-electron chi connectivity index (χ1n) is 15.5. The van der Waals surface area contributed by atoms with Gasteiger partial charge in [-0.2, -0.15) is 0 Å². The SMILES string of the molecule is CCC/C=C\CCCCCCCC(=O)OCC(COP(=O)(O)OC)OC(=O)CCCCCCC/C=C\CCCC. The van der Waals surface area contributed by atoms with Gasteiger partial charge < -0.3 is 14.4 Å². The number of allylic oxidation sites excluding steroid dienone is 4. The molecule has 2 unspecified atom stereocenters. The lowest BCUT2D eigenvalue weighted by atomic mass is 10.1. The third-order valence-electron chi connectivity index (χ3n) is 6.40. The molecular weight excluding hydrogens is 531 g/mol. The van der Waals surface area contributed by atoms with Crippen LogP contribution >= 0.6 is 7.82 Å². The van der Waals surface area contributed by atoms with Gasteiger partial charge in [-0.3, -0.25) is 18.6 Å². The molecule has 0 saturated heterocycles. The third-order valence-corrected chi connectivity index (χ3v) is 7.34. The topological polar surface area (TPSA) is 108 Å². The summed E-state index contributed by atoms with van der Waals surface area (Å²) in [5.41, 5.74) is 0. The molecule has 0 aliphatic rings. The van der Waals surface area contributed by atoms with Crippen molar-refractivity contribution in [1.29, 1.82) is 0 Å². The molecule has 0 aromatic rings. The monoisotopic (exact) mass is 588 g/mol. The van der Waals surface area contributed by atoms with Gasteiger partial charge in [-0.15, -0.1) is 0 Å². The molecule has 0 radical (unpaired) electrons. The van der Waals surface area contributed by atoms with Gasteiger partial charge in [0.2, 0.25) is 0 Å². The zero-order valence-corrected chi connectivity index (χ0v) is 26.4. The minimum absolute atomic E-state index is 0.232. The highest BCUT2D eigenvalue weighted by molar-refractivity contribution is 7.47. The fourth-order valence-electron chi connectivity index (χ4n) is 3.93. The number of ether oxygens (including phenoxy) is 2. The summed E-state index contributed by atoms with van der Waals surface area (Å²) in [6, 6.07) is 0. The van der Waals surface area contributed by atoms with Crippen molar-refractivity contribution in [1.82, 2.24) is 0 Å². The number of hydrogen-bond donors (Lipinski definition) is 1. The van der Waals surface area contributed by atoms with E-state index in [1.54, 1.807) is 0 Å². The Kier molecular flexibility index (Phi) is 26.7. The number of hydrogen-bond acceptors (Lipinski definition) is 7. The lowest BCUT2D eigenvalue weighted by molar-refractivity contribution is -0.161. The molecule has 0 heterocycles. The second-order valence-corrected chi connectivity index (χ2v) is 11.8. The van der Waals surface area contributed by atoms with Crippen LogP contribution in [-0.2, 0) is 32.7 Å². The molecule has 8 nitrogen and oxygen atoms in total. The summed E-state index contributed by atoms with van der Waals surface area (Å²) in [7, 11) is -3.20. The fraction of sp³-hybridized carbons (Fsp3) is 0.806. The molecule has 0 aromatic carbocycles. The minimum atomic E-state index is -4.25. The highest BCUT2D eigenvalue weighted by Crippen LogP contribution is 2.42. The zero-order chi connectivity index (χ0) is 29.7. The van der Waals surface area contributed by atoms with E-state index < -0.39 is 26.5 Å². The first-order chi connectivity index (χ1) is 19.3. The number of rotatable bonds is 28. The number of phosphoric ester groups is 1. The van der Waals surface area contributed by atoms with Crippen molar-refractivity contribution in [3.8, 4) is 0 Å². The van der Waals surface area contributed by atoms with Crippen LogP contribution in [0.1, 0.15) is 136 Å². The number of esters is 2. The smallest absolute Gasteiger partial charge is 0.462 e. The molecule has 0 aliphatic heterocycles. The third kappa shape index (κ3) is 26.7. The molecule has 40 heavy (non-hydrogen) atoms. The van der Waals surface area contributed by atoms with E-state index in [1.165, 1.54) is 19.3 Å². The molecule has 234 valence electrons. The van der Waals surface area contributed by atoms with Gasteiger partial charge in [0.25, 0.3) is 0 Å². The summed E-state index contributed by atoms with van der Waals surface area (Å²) in [4.78, 5) is 34.0. The predicted octanol–water partition coefficient (Wildman–Crippen LogP) is 8.77. The Morgan fingerprint density at radius 1 is 0.675 bits per heavy atom. The lowest BCUT2D eigenvalue weighted by Gasteiger charge is -2.19. The van der Waals surface area contributed by atoms with Gasteiger partial charge >= 0.3 is 19.8 Å². The molecule has 2 atom stereocenters. The Morgan fingerprint density at radius 3 is 1.73 bits per heavy atom. The summed E-state index contributed by atoms with van der Waals surface area (Å²) >= 11 is 0. The van der Waals surface area contributed by atoms with E-state index in [1.807, 2.05) is 0 Å². The van der Waals surface area contributed by atoms with Crippen LogP contribution in [0.15, 0.2) is 24.3 Å². The maximum Gasteiger partial charge on any atom is 0.472 e. The Labute approximate surface area is 243 Å². The van der Waals surface area contributed by atoms with Crippen molar-refractivity contribution in [2.45, 2.75) is 142 Å². The molecule has 0 amide bonds. The predicted molar refractivity (Wildman–Crippen MR) is 161 cm³/mol. The molecule has 0 fully saturated rings. The Hall–Kier alpha value is -1.47. The second kappa shape index (κ2) is 27.7. The second-order valence-electron chi connectivity index (χ2n) is 10.2. The molecular formula is C31H57O8P. The van der Waals surface area contributed by atoms with Crippen LogP contribution in [0, 0.1) is 0 Å². The Balaban J connectivity index is 4.19. The summed E-state index contributed by atoms with van der Waals surface area (Å²) in [5.74, 6) is -0.832. The van der Waals surface area contributed by atoms with Crippen LogP contribution in [0.25, 0.3) is 0 Å². The average Bonchev–Trinajstić information content (AvgIpc) is 2.94. The molecule has 0 spiro atoms. The van der Waals surface area contributed by atoms with Crippen LogP contribution in [0.2, 0.25) is 0 Å². The normalized spacial score (nSPS) is 14.0. The van der Waals surface area contributed by atoms with E-state index in [0.717, 1.165) is 90.6 Å². The highest BCUT2D eigenvalue weighted by Gasteiger charge is 2.24. The highest BCUT2D eigenvalue weighted by atomic mass is 31.2. The fourth-order valence-corrected chi connectivity index (χ4v) is 4.39. The average molecular weight is 589 g/mol. The molecule has 0 bridgehead atoms. The molecule has 0 saturated carbocycles. The Morgan fingerprint density at radius 2 is 1.18 bits per heavy atom. The first-order valence-corrected chi connectivity index (χ1v) is 17.0. The van der Waals surface area contributed by atoms with Crippen molar-refractivity contribution < 1.29 is 37.6 Å². The van der Waals surface area contributed by atoms with Crippen molar-refractivity contribution in [2.24, 2.45) is 0 Å². The van der Waals surface area contributed by atoms with E-state index in [9.17, 15) is 19.0 Å². The van der Waals surface area contributed by atoms with E-state index in [0.29, 0.717) is 6.42 Å². The number of carbonyl (C=O) groups excluding carboxylic acids is 2. The van der Waals surface area contributed by atoms with Crippen LogP contribution < -0.4 is 0 Å². The standard InChI is InChI=1S/C31H57O8P/c1-4-6-8-10-12-14-16-18-20-22-24-26-31(33)39-29(28-38-40(34,35)36-3)27-37-30(32)25-23-21-19-17-15-13-11-9-7-5-2/h9-12,29H,4-8,13-28H2,1-3H3,(H,34,35)/b11-9-,12-10-. The van der Waals surface area contributed by atoms with E-state index in [-0.39, 0.29) is 25.4 Å². The summed E-state index contributed by atoms with van der Waals surface area (Å²) < 4.78 is 31.6. The Bertz CT molecular complexity index is 722. The first kappa shape index (κ1) is 38.5. The maximum atomic E-state index is 12.3. The van der Waals surface area contributed by atoms with Gasteiger partial charge in [0.1, 0.15) is 6.61 Å².